The number of para-hydroxylation sites is 2. The van der Waals surface area contributed by atoms with Crippen LogP contribution in [-0.2, 0) is 6.54 Å². The van der Waals surface area contributed by atoms with E-state index < -0.39 is 0 Å². The van der Waals surface area contributed by atoms with Gasteiger partial charge in [-0.2, -0.15) is 0 Å². The van der Waals surface area contributed by atoms with Gasteiger partial charge >= 0.3 is 0 Å². The van der Waals surface area contributed by atoms with Crippen molar-refractivity contribution < 1.29 is 0 Å². The molecule has 5 rings (SSSR count). The van der Waals surface area contributed by atoms with Crippen LogP contribution in [0.25, 0.3) is 33.5 Å². The lowest BCUT2D eigenvalue weighted by Gasteiger charge is -2.16. The van der Waals surface area contributed by atoms with Crippen molar-refractivity contribution in [3.8, 4) is 22.5 Å². The number of fused-ring (bicyclic) bond motifs is 1. The Morgan fingerprint density at radius 1 is 0.767 bits per heavy atom. The van der Waals surface area contributed by atoms with Crippen LogP contribution in [0.1, 0.15) is 25.3 Å². The molecule has 30 heavy (non-hydrogen) atoms. The molecule has 0 amide bonds. The van der Waals surface area contributed by atoms with E-state index in [4.69, 9.17) is 9.97 Å². The SMILES string of the molecule is CC[C@@H]1CCN(Cc2ccc(-c3nc4ccccc4nc3-c3ccccc3)cc2)C1. The number of likely N-dealkylation sites (tertiary alicyclic amines) is 1. The van der Waals surface area contributed by atoms with Crippen LogP contribution in [0.3, 0.4) is 0 Å². The fourth-order valence-corrected chi connectivity index (χ4v) is 4.41. The predicted molar refractivity (Wildman–Crippen MR) is 124 cm³/mol. The van der Waals surface area contributed by atoms with E-state index in [9.17, 15) is 0 Å². The van der Waals surface area contributed by atoms with E-state index in [-0.39, 0.29) is 0 Å². The molecule has 0 N–H and O–H groups in total. The lowest BCUT2D eigenvalue weighted by Crippen LogP contribution is -2.19. The minimum atomic E-state index is 0.866. The first-order valence-corrected chi connectivity index (χ1v) is 10.9. The smallest absolute Gasteiger partial charge is 0.0973 e. The van der Waals surface area contributed by atoms with Gasteiger partial charge in [0.05, 0.1) is 22.4 Å². The zero-order valence-corrected chi connectivity index (χ0v) is 17.5. The summed E-state index contributed by atoms with van der Waals surface area (Å²) >= 11 is 0. The van der Waals surface area contributed by atoms with Gasteiger partial charge in [-0.25, -0.2) is 9.97 Å². The first-order chi connectivity index (χ1) is 14.8. The molecule has 150 valence electrons. The van der Waals surface area contributed by atoms with Gasteiger partial charge in [0, 0.05) is 24.2 Å². The molecule has 0 spiro atoms. The molecule has 0 saturated carbocycles. The zero-order chi connectivity index (χ0) is 20.3. The number of nitrogens with zero attached hydrogens (tertiary/aromatic N) is 3. The highest BCUT2D eigenvalue weighted by Gasteiger charge is 2.21. The molecular weight excluding hydrogens is 366 g/mol. The summed E-state index contributed by atoms with van der Waals surface area (Å²) in [7, 11) is 0. The summed E-state index contributed by atoms with van der Waals surface area (Å²) < 4.78 is 0. The molecule has 1 fully saturated rings. The number of aromatic nitrogens is 2. The van der Waals surface area contributed by atoms with Crippen LogP contribution in [-0.4, -0.2) is 28.0 Å². The number of hydrogen-bond acceptors (Lipinski definition) is 3. The molecule has 0 radical (unpaired) electrons. The van der Waals surface area contributed by atoms with Crippen molar-refractivity contribution in [2.24, 2.45) is 5.92 Å². The molecule has 1 aliphatic rings. The summed E-state index contributed by atoms with van der Waals surface area (Å²) in [5.74, 6) is 0.866. The van der Waals surface area contributed by atoms with Crippen LogP contribution < -0.4 is 0 Å². The molecular formula is C27H27N3. The molecule has 1 atom stereocenters. The third-order valence-electron chi connectivity index (χ3n) is 6.20. The van der Waals surface area contributed by atoms with E-state index in [0.717, 1.165) is 46.0 Å². The van der Waals surface area contributed by atoms with E-state index in [1.54, 1.807) is 0 Å². The third kappa shape index (κ3) is 3.86. The van der Waals surface area contributed by atoms with Crippen molar-refractivity contribution in [2.75, 3.05) is 13.1 Å². The molecule has 1 saturated heterocycles. The molecule has 4 aromatic rings. The maximum atomic E-state index is 5.00. The minimum Gasteiger partial charge on any atom is -0.299 e. The topological polar surface area (TPSA) is 29.0 Å². The third-order valence-corrected chi connectivity index (χ3v) is 6.20. The lowest BCUT2D eigenvalue weighted by molar-refractivity contribution is 0.315. The van der Waals surface area contributed by atoms with Crippen LogP contribution in [0.2, 0.25) is 0 Å². The van der Waals surface area contributed by atoms with E-state index in [1.165, 1.54) is 31.5 Å². The van der Waals surface area contributed by atoms with E-state index >= 15 is 0 Å². The number of benzene rings is 3. The Hall–Kier alpha value is -3.04. The summed E-state index contributed by atoms with van der Waals surface area (Å²) in [5, 5.41) is 0. The monoisotopic (exact) mass is 393 g/mol. The molecule has 1 aliphatic heterocycles. The summed E-state index contributed by atoms with van der Waals surface area (Å²) in [6, 6.07) is 27.4. The van der Waals surface area contributed by atoms with Gasteiger partial charge in [0.1, 0.15) is 0 Å². The summed E-state index contributed by atoms with van der Waals surface area (Å²) in [5.41, 5.74) is 7.31. The molecule has 3 aromatic carbocycles. The van der Waals surface area contributed by atoms with E-state index in [0.29, 0.717) is 0 Å². The highest BCUT2D eigenvalue weighted by Crippen LogP contribution is 2.31. The lowest BCUT2D eigenvalue weighted by atomic mass is 10.0. The van der Waals surface area contributed by atoms with Crippen LogP contribution in [0.5, 0.6) is 0 Å². The fourth-order valence-electron chi connectivity index (χ4n) is 4.41. The highest BCUT2D eigenvalue weighted by atomic mass is 15.1. The number of rotatable bonds is 5. The second kappa shape index (κ2) is 8.37. The second-order valence-electron chi connectivity index (χ2n) is 8.27. The predicted octanol–water partition coefficient (Wildman–Crippen LogP) is 6.20. The summed E-state index contributed by atoms with van der Waals surface area (Å²) in [4.78, 5) is 12.6. The normalized spacial score (nSPS) is 16.9. The van der Waals surface area contributed by atoms with Gasteiger partial charge in [-0.1, -0.05) is 80.1 Å². The first kappa shape index (κ1) is 19.0. The molecule has 1 aromatic heterocycles. The van der Waals surface area contributed by atoms with Crippen molar-refractivity contribution in [1.82, 2.24) is 14.9 Å². The Morgan fingerprint density at radius 3 is 1.97 bits per heavy atom. The van der Waals surface area contributed by atoms with Crippen molar-refractivity contribution in [1.29, 1.82) is 0 Å². The Labute approximate surface area is 178 Å². The van der Waals surface area contributed by atoms with Crippen LogP contribution >= 0.6 is 0 Å². The molecule has 0 aliphatic carbocycles. The van der Waals surface area contributed by atoms with Crippen molar-refractivity contribution in [3.05, 3.63) is 84.4 Å². The fraction of sp³-hybridized carbons (Fsp3) is 0.259. The van der Waals surface area contributed by atoms with Gasteiger partial charge in [-0.15, -0.1) is 0 Å². The second-order valence-corrected chi connectivity index (χ2v) is 8.27. The molecule has 0 unspecified atom stereocenters. The maximum absolute atomic E-state index is 5.00. The van der Waals surface area contributed by atoms with Crippen LogP contribution in [0.15, 0.2) is 78.9 Å². The largest absolute Gasteiger partial charge is 0.299 e. The molecule has 3 nitrogen and oxygen atoms in total. The van der Waals surface area contributed by atoms with E-state index in [2.05, 4.69) is 60.4 Å². The first-order valence-electron chi connectivity index (χ1n) is 10.9. The Morgan fingerprint density at radius 2 is 1.37 bits per heavy atom. The molecule has 2 heterocycles. The van der Waals surface area contributed by atoms with Crippen molar-refractivity contribution in [3.63, 3.8) is 0 Å². The summed E-state index contributed by atoms with van der Waals surface area (Å²) in [6.45, 7) is 5.78. The summed E-state index contributed by atoms with van der Waals surface area (Å²) in [6.07, 6.45) is 2.63. The van der Waals surface area contributed by atoms with Crippen molar-refractivity contribution >= 4 is 11.0 Å². The quantitative estimate of drug-likeness (QED) is 0.404. The maximum Gasteiger partial charge on any atom is 0.0973 e. The Kier molecular flexibility index (Phi) is 5.29. The van der Waals surface area contributed by atoms with E-state index in [1.807, 2.05) is 30.3 Å². The zero-order valence-electron chi connectivity index (χ0n) is 17.5. The van der Waals surface area contributed by atoms with Gasteiger partial charge in [-0.3, -0.25) is 4.90 Å². The Bertz CT molecular complexity index is 1140. The van der Waals surface area contributed by atoms with Gasteiger partial charge in [0.15, 0.2) is 0 Å². The van der Waals surface area contributed by atoms with Crippen LogP contribution in [0, 0.1) is 5.92 Å². The average Bonchev–Trinajstić information content (AvgIpc) is 3.27. The molecule has 0 bridgehead atoms. The average molecular weight is 394 g/mol. The minimum absolute atomic E-state index is 0.866. The molecule has 3 heteroatoms. The Balaban J connectivity index is 1.49. The van der Waals surface area contributed by atoms with Gasteiger partial charge < -0.3 is 0 Å². The standard InChI is InChI=1S/C27H27N3/c1-2-20-16-17-30(18-20)19-21-12-14-23(15-13-21)27-26(22-8-4-3-5-9-22)28-24-10-6-7-11-25(24)29-27/h3-15,20H,2,16-19H2,1H3/t20-/m1/s1. The van der Waals surface area contributed by atoms with Gasteiger partial charge in [0.2, 0.25) is 0 Å². The van der Waals surface area contributed by atoms with Gasteiger partial charge in [0.25, 0.3) is 0 Å². The number of hydrogen-bond donors (Lipinski definition) is 0. The van der Waals surface area contributed by atoms with Crippen LogP contribution in [0.4, 0.5) is 0 Å². The highest BCUT2D eigenvalue weighted by molar-refractivity contribution is 5.86. The van der Waals surface area contributed by atoms with Crippen molar-refractivity contribution in [2.45, 2.75) is 26.3 Å². The van der Waals surface area contributed by atoms with Gasteiger partial charge in [-0.05, 0) is 36.6 Å².